The van der Waals surface area contributed by atoms with Gasteiger partial charge in [-0.2, -0.15) is 0 Å². The summed E-state index contributed by atoms with van der Waals surface area (Å²) in [5.41, 5.74) is 6.06. The first-order valence-electron chi connectivity index (χ1n) is 5.33. The van der Waals surface area contributed by atoms with E-state index in [1.54, 1.807) is 6.20 Å². The number of rotatable bonds is 2. The van der Waals surface area contributed by atoms with Gasteiger partial charge < -0.3 is 10.6 Å². The van der Waals surface area contributed by atoms with Crippen LogP contribution in [-0.4, -0.2) is 23.9 Å². The number of aromatic nitrogens is 1. The lowest BCUT2D eigenvalue weighted by molar-refractivity contribution is 0.573. The molecule has 1 aromatic rings. The maximum absolute atomic E-state index is 7.27. The van der Waals surface area contributed by atoms with Gasteiger partial charge in [0.1, 0.15) is 11.7 Å². The van der Waals surface area contributed by atoms with Gasteiger partial charge in [0.25, 0.3) is 0 Å². The van der Waals surface area contributed by atoms with Gasteiger partial charge in [0.05, 0.1) is 0 Å². The van der Waals surface area contributed by atoms with Gasteiger partial charge in [-0.3, -0.25) is 5.41 Å². The van der Waals surface area contributed by atoms with E-state index in [-0.39, 0.29) is 18.2 Å². The molecule has 3 N–H and O–H groups in total. The zero-order valence-electron chi connectivity index (χ0n) is 9.15. The molecule has 88 valence electrons. The Bertz CT molecular complexity index is 344. The molecule has 1 aliphatic rings. The molecular weight excluding hydrogens is 224 g/mol. The summed E-state index contributed by atoms with van der Waals surface area (Å²) >= 11 is 0. The first kappa shape index (κ1) is 12.8. The molecule has 0 amide bonds. The molecule has 0 aromatic carbocycles. The van der Waals surface area contributed by atoms with Crippen molar-refractivity contribution in [2.75, 3.05) is 18.0 Å². The second kappa shape index (κ2) is 5.70. The average molecular weight is 241 g/mol. The SMILES string of the molecule is Cl.N=C(N)c1ccc(N2CCCCC2)nc1. The van der Waals surface area contributed by atoms with E-state index in [0.29, 0.717) is 5.56 Å². The quantitative estimate of drug-likeness (QED) is 0.612. The molecule has 0 spiro atoms. The van der Waals surface area contributed by atoms with Crippen LogP contribution >= 0.6 is 12.4 Å². The van der Waals surface area contributed by atoms with Crippen LogP contribution in [0.2, 0.25) is 0 Å². The molecule has 1 fully saturated rings. The number of nitrogens with zero attached hydrogens (tertiary/aromatic N) is 2. The molecule has 1 saturated heterocycles. The fourth-order valence-corrected chi connectivity index (χ4v) is 1.86. The number of nitrogens with two attached hydrogens (primary N) is 1. The van der Waals surface area contributed by atoms with E-state index >= 15 is 0 Å². The molecule has 0 unspecified atom stereocenters. The highest BCUT2D eigenvalue weighted by Crippen LogP contribution is 2.17. The number of anilines is 1. The summed E-state index contributed by atoms with van der Waals surface area (Å²) in [6.45, 7) is 2.18. The standard InChI is InChI=1S/C11H16N4.ClH/c12-11(13)9-4-5-10(14-8-9)15-6-2-1-3-7-15;/h4-5,8H,1-3,6-7H2,(H3,12,13);1H. The molecule has 4 nitrogen and oxygen atoms in total. The van der Waals surface area contributed by atoms with Crippen molar-refractivity contribution in [3.63, 3.8) is 0 Å². The topological polar surface area (TPSA) is 66.0 Å². The van der Waals surface area contributed by atoms with Crippen molar-refractivity contribution in [1.82, 2.24) is 4.98 Å². The van der Waals surface area contributed by atoms with Crippen molar-refractivity contribution < 1.29 is 0 Å². The third kappa shape index (κ3) is 2.85. The minimum Gasteiger partial charge on any atom is -0.384 e. The van der Waals surface area contributed by atoms with Gasteiger partial charge in [0.15, 0.2) is 0 Å². The number of halogens is 1. The Morgan fingerprint density at radius 3 is 2.44 bits per heavy atom. The van der Waals surface area contributed by atoms with Crippen LogP contribution in [-0.2, 0) is 0 Å². The van der Waals surface area contributed by atoms with Gasteiger partial charge in [-0.25, -0.2) is 4.98 Å². The summed E-state index contributed by atoms with van der Waals surface area (Å²) in [6, 6.07) is 3.81. The van der Waals surface area contributed by atoms with Crippen molar-refractivity contribution in [3.8, 4) is 0 Å². The second-order valence-electron chi connectivity index (χ2n) is 3.87. The fourth-order valence-electron chi connectivity index (χ4n) is 1.86. The van der Waals surface area contributed by atoms with Crippen LogP contribution < -0.4 is 10.6 Å². The fraction of sp³-hybridized carbons (Fsp3) is 0.455. The average Bonchev–Trinajstić information content (AvgIpc) is 2.30. The Hall–Kier alpha value is -1.29. The first-order valence-corrected chi connectivity index (χ1v) is 5.33. The maximum atomic E-state index is 7.27. The van der Waals surface area contributed by atoms with Crippen molar-refractivity contribution in [1.29, 1.82) is 5.41 Å². The minimum atomic E-state index is 0. The number of nitrogen functional groups attached to an aromatic ring is 1. The van der Waals surface area contributed by atoms with E-state index in [4.69, 9.17) is 11.1 Å². The maximum Gasteiger partial charge on any atom is 0.128 e. The van der Waals surface area contributed by atoms with Crippen LogP contribution in [0.15, 0.2) is 18.3 Å². The van der Waals surface area contributed by atoms with E-state index in [2.05, 4.69) is 9.88 Å². The van der Waals surface area contributed by atoms with E-state index in [1.165, 1.54) is 19.3 Å². The Balaban J connectivity index is 0.00000128. The summed E-state index contributed by atoms with van der Waals surface area (Å²) in [6.07, 6.45) is 5.49. The molecular formula is C11H17ClN4. The Labute approximate surface area is 102 Å². The number of nitrogens with one attached hydrogen (secondary N) is 1. The van der Waals surface area contributed by atoms with Crippen LogP contribution in [0.4, 0.5) is 5.82 Å². The van der Waals surface area contributed by atoms with E-state index in [1.807, 2.05) is 12.1 Å². The van der Waals surface area contributed by atoms with Gasteiger partial charge in [0.2, 0.25) is 0 Å². The van der Waals surface area contributed by atoms with Crippen LogP contribution in [0, 0.1) is 5.41 Å². The first-order chi connectivity index (χ1) is 7.27. The van der Waals surface area contributed by atoms with E-state index in [0.717, 1.165) is 18.9 Å². The Kier molecular flexibility index (Phi) is 4.55. The molecule has 1 aromatic heterocycles. The number of hydrogen-bond acceptors (Lipinski definition) is 3. The van der Waals surface area contributed by atoms with Gasteiger partial charge >= 0.3 is 0 Å². The largest absolute Gasteiger partial charge is 0.384 e. The molecule has 0 bridgehead atoms. The molecule has 16 heavy (non-hydrogen) atoms. The number of hydrogen-bond donors (Lipinski definition) is 2. The van der Waals surface area contributed by atoms with Crippen molar-refractivity contribution in [3.05, 3.63) is 23.9 Å². The summed E-state index contributed by atoms with van der Waals surface area (Å²) in [7, 11) is 0. The van der Waals surface area contributed by atoms with E-state index in [9.17, 15) is 0 Å². The monoisotopic (exact) mass is 240 g/mol. The number of piperidine rings is 1. The van der Waals surface area contributed by atoms with Crippen LogP contribution in [0.5, 0.6) is 0 Å². The lowest BCUT2D eigenvalue weighted by Crippen LogP contribution is -2.30. The summed E-state index contributed by atoms with van der Waals surface area (Å²) in [4.78, 5) is 6.61. The summed E-state index contributed by atoms with van der Waals surface area (Å²) in [5, 5.41) is 7.27. The van der Waals surface area contributed by atoms with Crippen LogP contribution in [0.1, 0.15) is 24.8 Å². The molecule has 0 saturated carbocycles. The molecule has 5 heteroatoms. The van der Waals surface area contributed by atoms with Gasteiger partial charge in [-0.05, 0) is 31.4 Å². The highest BCUT2D eigenvalue weighted by atomic mass is 35.5. The zero-order valence-corrected chi connectivity index (χ0v) is 9.96. The predicted molar refractivity (Wildman–Crippen MR) is 68.6 cm³/mol. The smallest absolute Gasteiger partial charge is 0.128 e. The molecule has 0 radical (unpaired) electrons. The van der Waals surface area contributed by atoms with Gasteiger partial charge in [0, 0.05) is 24.8 Å². The number of pyridine rings is 1. The van der Waals surface area contributed by atoms with E-state index < -0.39 is 0 Å². The normalized spacial score (nSPS) is 15.4. The molecule has 1 aliphatic heterocycles. The number of amidine groups is 1. The molecule has 0 aliphatic carbocycles. The van der Waals surface area contributed by atoms with Crippen molar-refractivity contribution in [2.24, 2.45) is 5.73 Å². The van der Waals surface area contributed by atoms with Crippen LogP contribution in [0.25, 0.3) is 0 Å². The van der Waals surface area contributed by atoms with Crippen molar-refractivity contribution >= 4 is 24.1 Å². The van der Waals surface area contributed by atoms with Gasteiger partial charge in [-0.1, -0.05) is 0 Å². The minimum absolute atomic E-state index is 0. The molecule has 0 atom stereocenters. The predicted octanol–water partition coefficient (Wildman–Crippen LogP) is 1.78. The Morgan fingerprint density at radius 1 is 1.25 bits per heavy atom. The molecule has 2 rings (SSSR count). The third-order valence-corrected chi connectivity index (χ3v) is 2.74. The molecule has 2 heterocycles. The lowest BCUT2D eigenvalue weighted by atomic mass is 10.1. The lowest BCUT2D eigenvalue weighted by Gasteiger charge is -2.27. The zero-order chi connectivity index (χ0) is 10.7. The van der Waals surface area contributed by atoms with Crippen molar-refractivity contribution in [2.45, 2.75) is 19.3 Å². The summed E-state index contributed by atoms with van der Waals surface area (Å²) in [5.74, 6) is 1.08. The van der Waals surface area contributed by atoms with Crippen LogP contribution in [0.3, 0.4) is 0 Å². The van der Waals surface area contributed by atoms with Gasteiger partial charge in [-0.15, -0.1) is 12.4 Å². The summed E-state index contributed by atoms with van der Waals surface area (Å²) < 4.78 is 0. The Morgan fingerprint density at radius 2 is 1.94 bits per heavy atom. The second-order valence-corrected chi connectivity index (χ2v) is 3.87. The highest BCUT2D eigenvalue weighted by molar-refractivity contribution is 5.94. The highest BCUT2D eigenvalue weighted by Gasteiger charge is 2.11. The third-order valence-electron chi connectivity index (χ3n) is 2.74.